The molecule has 0 spiro atoms. The number of aryl methyl sites for hydroxylation is 1. The smallest absolute Gasteiger partial charge is 0.311 e. The van der Waals surface area contributed by atoms with E-state index >= 15 is 0 Å². The number of carbonyl (C=O) groups is 2. The Balaban J connectivity index is 2.51. The Morgan fingerprint density at radius 3 is 2.38 bits per heavy atom. The standard InChI is InChI=1S/C16H22ClNO3/c1-3-16(4-2,15(20)21)11-18-14(19)10-9-12-7-5-6-8-13(12)17/h5-8H,3-4,9-11H2,1-2H3,(H,18,19)(H,20,21). The fourth-order valence-electron chi connectivity index (χ4n) is 2.18. The van der Waals surface area contributed by atoms with E-state index in [-0.39, 0.29) is 12.5 Å². The van der Waals surface area contributed by atoms with Gasteiger partial charge in [0.2, 0.25) is 5.91 Å². The maximum absolute atomic E-state index is 11.9. The summed E-state index contributed by atoms with van der Waals surface area (Å²) in [6.45, 7) is 3.82. The van der Waals surface area contributed by atoms with Crippen molar-refractivity contribution in [2.24, 2.45) is 5.41 Å². The highest BCUT2D eigenvalue weighted by molar-refractivity contribution is 6.31. The minimum Gasteiger partial charge on any atom is -0.481 e. The SMILES string of the molecule is CCC(CC)(CNC(=O)CCc1ccccc1Cl)C(=O)O. The lowest BCUT2D eigenvalue weighted by Gasteiger charge is -2.26. The van der Waals surface area contributed by atoms with Gasteiger partial charge >= 0.3 is 5.97 Å². The summed E-state index contributed by atoms with van der Waals surface area (Å²) in [7, 11) is 0. The average molecular weight is 312 g/mol. The molecule has 1 amide bonds. The van der Waals surface area contributed by atoms with Gasteiger partial charge in [0.1, 0.15) is 0 Å². The first kappa shape index (κ1) is 17.5. The molecule has 1 rings (SSSR count). The summed E-state index contributed by atoms with van der Waals surface area (Å²) in [5, 5.41) is 12.7. The van der Waals surface area contributed by atoms with Gasteiger partial charge in [0.05, 0.1) is 5.41 Å². The number of carboxylic acid groups (broad SMARTS) is 1. The van der Waals surface area contributed by atoms with Gasteiger partial charge in [0.25, 0.3) is 0 Å². The molecule has 0 aromatic heterocycles. The van der Waals surface area contributed by atoms with Crippen LogP contribution >= 0.6 is 11.6 Å². The molecule has 2 N–H and O–H groups in total. The number of carbonyl (C=O) groups excluding carboxylic acids is 1. The van der Waals surface area contributed by atoms with E-state index in [1.165, 1.54) is 0 Å². The minimum absolute atomic E-state index is 0.151. The number of benzene rings is 1. The van der Waals surface area contributed by atoms with Crippen LogP contribution in [0.4, 0.5) is 0 Å². The molecular formula is C16H22ClNO3. The van der Waals surface area contributed by atoms with Crippen molar-refractivity contribution in [2.75, 3.05) is 6.54 Å². The van der Waals surface area contributed by atoms with Crippen LogP contribution in [0.1, 0.15) is 38.7 Å². The minimum atomic E-state index is -0.875. The molecule has 0 saturated carbocycles. The number of carboxylic acids is 1. The number of halogens is 1. The molecule has 4 nitrogen and oxygen atoms in total. The summed E-state index contributed by atoms with van der Waals surface area (Å²) in [5.74, 6) is -1.01. The third kappa shape index (κ3) is 4.74. The van der Waals surface area contributed by atoms with Gasteiger partial charge < -0.3 is 10.4 Å². The van der Waals surface area contributed by atoms with Crippen LogP contribution in [-0.2, 0) is 16.0 Å². The maximum atomic E-state index is 11.9. The van der Waals surface area contributed by atoms with Gasteiger partial charge in [-0.05, 0) is 30.9 Å². The van der Waals surface area contributed by atoms with E-state index < -0.39 is 11.4 Å². The van der Waals surface area contributed by atoms with Gasteiger partial charge in [-0.1, -0.05) is 43.6 Å². The molecule has 5 heteroatoms. The zero-order valence-corrected chi connectivity index (χ0v) is 13.2. The summed E-state index contributed by atoms with van der Waals surface area (Å²) in [4.78, 5) is 23.2. The van der Waals surface area contributed by atoms with Gasteiger partial charge in [-0.2, -0.15) is 0 Å². The molecule has 0 saturated heterocycles. The van der Waals surface area contributed by atoms with Crippen molar-refractivity contribution in [1.82, 2.24) is 5.32 Å². The van der Waals surface area contributed by atoms with E-state index in [0.717, 1.165) is 5.56 Å². The molecule has 1 aromatic carbocycles. The first-order valence-electron chi connectivity index (χ1n) is 7.18. The normalized spacial score (nSPS) is 11.2. The predicted molar refractivity (Wildman–Crippen MR) is 83.4 cm³/mol. The van der Waals surface area contributed by atoms with Crippen molar-refractivity contribution in [3.05, 3.63) is 34.9 Å². The summed E-state index contributed by atoms with van der Waals surface area (Å²) >= 11 is 6.03. The van der Waals surface area contributed by atoms with E-state index in [2.05, 4.69) is 5.32 Å². The van der Waals surface area contributed by atoms with Gasteiger partial charge in [-0.3, -0.25) is 9.59 Å². The Bertz CT molecular complexity index is 498. The van der Waals surface area contributed by atoms with Gasteiger partial charge in [-0.15, -0.1) is 0 Å². The van der Waals surface area contributed by atoms with E-state index in [1.54, 1.807) is 6.07 Å². The molecule has 0 aliphatic rings. The van der Waals surface area contributed by atoms with E-state index in [0.29, 0.717) is 30.7 Å². The quantitative estimate of drug-likeness (QED) is 0.774. The Kier molecular flexibility index (Phi) is 6.69. The van der Waals surface area contributed by atoms with Crippen LogP contribution in [0, 0.1) is 5.41 Å². The molecule has 0 aliphatic carbocycles. The monoisotopic (exact) mass is 311 g/mol. The molecule has 0 aliphatic heterocycles. The van der Waals surface area contributed by atoms with Gasteiger partial charge in [0.15, 0.2) is 0 Å². The van der Waals surface area contributed by atoms with E-state index in [9.17, 15) is 14.7 Å². The topological polar surface area (TPSA) is 66.4 Å². The zero-order valence-electron chi connectivity index (χ0n) is 12.5. The highest BCUT2D eigenvalue weighted by atomic mass is 35.5. The number of nitrogens with one attached hydrogen (secondary N) is 1. The molecule has 0 unspecified atom stereocenters. The zero-order chi connectivity index (χ0) is 15.9. The average Bonchev–Trinajstić information content (AvgIpc) is 2.47. The van der Waals surface area contributed by atoms with E-state index in [1.807, 2.05) is 32.0 Å². The summed E-state index contributed by atoms with van der Waals surface area (Å²) in [6.07, 6.45) is 1.82. The summed E-state index contributed by atoms with van der Waals surface area (Å²) in [6, 6.07) is 7.39. The van der Waals surface area contributed by atoms with Crippen LogP contribution in [0.15, 0.2) is 24.3 Å². The summed E-state index contributed by atoms with van der Waals surface area (Å²) < 4.78 is 0. The second-order valence-corrected chi connectivity index (χ2v) is 5.57. The number of aliphatic carboxylic acids is 1. The highest BCUT2D eigenvalue weighted by Gasteiger charge is 2.34. The highest BCUT2D eigenvalue weighted by Crippen LogP contribution is 2.25. The van der Waals surface area contributed by atoms with Crippen molar-refractivity contribution in [2.45, 2.75) is 39.5 Å². The van der Waals surface area contributed by atoms with Crippen LogP contribution < -0.4 is 5.32 Å². The van der Waals surface area contributed by atoms with Gasteiger partial charge in [0, 0.05) is 18.0 Å². The lowest BCUT2D eigenvalue weighted by Crippen LogP contribution is -2.42. The van der Waals surface area contributed by atoms with Crippen molar-refractivity contribution < 1.29 is 14.7 Å². The first-order valence-corrected chi connectivity index (χ1v) is 7.56. The molecule has 116 valence electrons. The molecule has 0 atom stereocenters. The van der Waals surface area contributed by atoms with Crippen LogP contribution in [0.25, 0.3) is 0 Å². The lowest BCUT2D eigenvalue weighted by molar-refractivity contribution is -0.149. The van der Waals surface area contributed by atoms with Crippen molar-refractivity contribution in [1.29, 1.82) is 0 Å². The van der Waals surface area contributed by atoms with Crippen molar-refractivity contribution in [3.63, 3.8) is 0 Å². The third-order valence-corrected chi connectivity index (χ3v) is 4.38. The number of hydrogen-bond acceptors (Lipinski definition) is 2. The second-order valence-electron chi connectivity index (χ2n) is 5.16. The van der Waals surface area contributed by atoms with Crippen molar-refractivity contribution >= 4 is 23.5 Å². The molecular weight excluding hydrogens is 290 g/mol. The molecule has 0 fully saturated rings. The fourth-order valence-corrected chi connectivity index (χ4v) is 2.41. The molecule has 0 radical (unpaired) electrons. The Morgan fingerprint density at radius 1 is 1.24 bits per heavy atom. The van der Waals surface area contributed by atoms with Crippen LogP contribution in [0.2, 0.25) is 5.02 Å². The van der Waals surface area contributed by atoms with Crippen molar-refractivity contribution in [3.8, 4) is 0 Å². The van der Waals surface area contributed by atoms with E-state index in [4.69, 9.17) is 11.6 Å². The predicted octanol–water partition coefficient (Wildman–Crippen LogP) is 3.28. The van der Waals surface area contributed by atoms with Crippen LogP contribution in [-0.4, -0.2) is 23.5 Å². The Labute approximate surface area is 130 Å². The van der Waals surface area contributed by atoms with Crippen LogP contribution in [0.5, 0.6) is 0 Å². The largest absolute Gasteiger partial charge is 0.481 e. The fraction of sp³-hybridized carbons (Fsp3) is 0.500. The first-order chi connectivity index (χ1) is 9.95. The maximum Gasteiger partial charge on any atom is 0.311 e. The second kappa shape index (κ2) is 8.03. The molecule has 1 aromatic rings. The summed E-state index contributed by atoms with van der Waals surface area (Å²) in [5.41, 5.74) is 0.0462. The Morgan fingerprint density at radius 2 is 1.86 bits per heavy atom. The number of rotatable bonds is 8. The molecule has 0 heterocycles. The lowest BCUT2D eigenvalue weighted by atomic mass is 9.82. The molecule has 21 heavy (non-hydrogen) atoms. The number of amides is 1. The Hall–Kier alpha value is -1.55. The number of hydrogen-bond donors (Lipinski definition) is 2. The molecule has 0 bridgehead atoms. The third-order valence-electron chi connectivity index (χ3n) is 4.01. The van der Waals surface area contributed by atoms with Gasteiger partial charge in [-0.25, -0.2) is 0 Å². The van der Waals surface area contributed by atoms with Crippen LogP contribution in [0.3, 0.4) is 0 Å².